The molecule has 18 heavy (non-hydrogen) atoms. The zero-order chi connectivity index (χ0) is 13.4. The van der Waals surface area contributed by atoms with Crippen LogP contribution in [-0.2, 0) is 14.3 Å². The zero-order valence-electron chi connectivity index (χ0n) is 10.8. The van der Waals surface area contributed by atoms with Gasteiger partial charge in [0.1, 0.15) is 0 Å². The molecule has 0 aliphatic heterocycles. The van der Waals surface area contributed by atoms with Crippen LogP contribution in [0.3, 0.4) is 0 Å². The first kappa shape index (κ1) is 14.2. The van der Waals surface area contributed by atoms with Crippen LogP contribution in [0, 0.1) is 0 Å². The summed E-state index contributed by atoms with van der Waals surface area (Å²) >= 11 is 0. The molecule has 0 bridgehead atoms. The summed E-state index contributed by atoms with van der Waals surface area (Å²) in [7, 11) is 1.32. The molecule has 4 heteroatoms. The van der Waals surface area contributed by atoms with Crippen molar-refractivity contribution in [3.05, 3.63) is 35.9 Å². The molecule has 1 N–H and O–H groups in total. The molecule has 1 amide bonds. The number of esters is 1. The maximum atomic E-state index is 11.5. The van der Waals surface area contributed by atoms with E-state index < -0.39 is 0 Å². The summed E-state index contributed by atoms with van der Waals surface area (Å²) in [5, 5.41) is 2.81. The summed E-state index contributed by atoms with van der Waals surface area (Å²) in [5.41, 5.74) is 1.19. The van der Waals surface area contributed by atoms with Gasteiger partial charge >= 0.3 is 5.97 Å². The van der Waals surface area contributed by atoms with E-state index in [0.29, 0.717) is 6.54 Å². The normalized spacial score (nSPS) is 11.7. The largest absolute Gasteiger partial charge is 0.469 e. The highest BCUT2D eigenvalue weighted by Gasteiger charge is 2.09. The number of rotatable bonds is 6. The van der Waals surface area contributed by atoms with Crippen LogP contribution < -0.4 is 5.32 Å². The molecule has 0 aromatic heterocycles. The Morgan fingerprint density at radius 2 is 1.89 bits per heavy atom. The Kier molecular flexibility index (Phi) is 5.91. The monoisotopic (exact) mass is 249 g/mol. The molecular formula is C14H19NO3. The smallest absolute Gasteiger partial charge is 0.306 e. The Morgan fingerprint density at radius 3 is 2.50 bits per heavy atom. The molecule has 4 nitrogen and oxygen atoms in total. The number of ether oxygens (including phenoxy) is 1. The first-order chi connectivity index (χ1) is 8.63. The van der Waals surface area contributed by atoms with Crippen LogP contribution in [0.5, 0.6) is 0 Å². The number of carbonyl (C=O) groups is 2. The first-order valence-electron chi connectivity index (χ1n) is 6.02. The highest BCUT2D eigenvalue weighted by atomic mass is 16.5. The minimum Gasteiger partial charge on any atom is -0.469 e. The predicted octanol–water partition coefficient (Wildman–Crippen LogP) is 1.86. The van der Waals surface area contributed by atoms with Crippen LogP contribution in [-0.4, -0.2) is 25.5 Å². The van der Waals surface area contributed by atoms with E-state index in [1.807, 2.05) is 30.3 Å². The van der Waals surface area contributed by atoms with Gasteiger partial charge in [0.25, 0.3) is 0 Å². The third-order valence-electron chi connectivity index (χ3n) is 2.76. The van der Waals surface area contributed by atoms with Gasteiger partial charge in [0.15, 0.2) is 0 Å². The van der Waals surface area contributed by atoms with E-state index in [0.717, 1.165) is 0 Å². The molecule has 0 aliphatic rings. The fourth-order valence-electron chi connectivity index (χ4n) is 1.57. The third-order valence-corrected chi connectivity index (χ3v) is 2.76. The number of hydrogen-bond donors (Lipinski definition) is 1. The maximum absolute atomic E-state index is 11.5. The highest BCUT2D eigenvalue weighted by Crippen LogP contribution is 2.12. The second-order valence-electron chi connectivity index (χ2n) is 4.19. The van der Waals surface area contributed by atoms with E-state index in [1.165, 1.54) is 12.7 Å². The molecular weight excluding hydrogens is 230 g/mol. The SMILES string of the molecule is COC(=O)CCC(=O)NCC(C)c1ccccc1. The van der Waals surface area contributed by atoms with Crippen molar-refractivity contribution < 1.29 is 14.3 Å². The summed E-state index contributed by atoms with van der Waals surface area (Å²) in [5.74, 6) is -0.224. The Labute approximate surface area is 107 Å². The van der Waals surface area contributed by atoms with E-state index in [9.17, 15) is 9.59 Å². The lowest BCUT2D eigenvalue weighted by Gasteiger charge is -2.12. The molecule has 0 spiro atoms. The van der Waals surface area contributed by atoms with Crippen molar-refractivity contribution >= 4 is 11.9 Å². The maximum Gasteiger partial charge on any atom is 0.306 e. The van der Waals surface area contributed by atoms with Crippen LogP contribution in [0.4, 0.5) is 0 Å². The molecule has 0 fully saturated rings. The van der Waals surface area contributed by atoms with Crippen molar-refractivity contribution in [3.8, 4) is 0 Å². The van der Waals surface area contributed by atoms with Gasteiger partial charge in [-0.15, -0.1) is 0 Å². The summed E-state index contributed by atoms with van der Waals surface area (Å²) < 4.78 is 4.48. The van der Waals surface area contributed by atoms with Gasteiger partial charge in [-0.05, 0) is 11.5 Å². The number of hydrogen-bond acceptors (Lipinski definition) is 3. The van der Waals surface area contributed by atoms with Crippen molar-refractivity contribution in [2.24, 2.45) is 0 Å². The van der Waals surface area contributed by atoms with Crippen LogP contribution in [0.15, 0.2) is 30.3 Å². The first-order valence-corrected chi connectivity index (χ1v) is 6.02. The molecule has 0 saturated heterocycles. The van der Waals surface area contributed by atoms with Gasteiger partial charge < -0.3 is 10.1 Å². The van der Waals surface area contributed by atoms with Gasteiger partial charge in [0, 0.05) is 13.0 Å². The number of nitrogens with one attached hydrogen (secondary N) is 1. The van der Waals surface area contributed by atoms with Gasteiger partial charge in [-0.1, -0.05) is 37.3 Å². The van der Waals surface area contributed by atoms with Gasteiger partial charge in [-0.3, -0.25) is 9.59 Å². The summed E-state index contributed by atoms with van der Waals surface area (Å²) in [6.45, 7) is 2.62. The van der Waals surface area contributed by atoms with Crippen LogP contribution in [0.25, 0.3) is 0 Å². The van der Waals surface area contributed by atoms with E-state index in [2.05, 4.69) is 17.0 Å². The molecule has 0 saturated carbocycles. The van der Waals surface area contributed by atoms with Crippen molar-refractivity contribution in [2.75, 3.05) is 13.7 Å². The number of benzene rings is 1. The number of carbonyl (C=O) groups excluding carboxylic acids is 2. The Morgan fingerprint density at radius 1 is 1.22 bits per heavy atom. The lowest BCUT2D eigenvalue weighted by Crippen LogP contribution is -2.27. The van der Waals surface area contributed by atoms with Crippen LogP contribution >= 0.6 is 0 Å². The Bertz CT molecular complexity index is 389. The van der Waals surface area contributed by atoms with Gasteiger partial charge in [-0.25, -0.2) is 0 Å². The standard InChI is InChI=1S/C14H19NO3/c1-11(12-6-4-3-5-7-12)10-15-13(16)8-9-14(17)18-2/h3-7,11H,8-10H2,1-2H3,(H,15,16). The number of methoxy groups -OCH3 is 1. The Hall–Kier alpha value is -1.84. The summed E-state index contributed by atoms with van der Waals surface area (Å²) in [4.78, 5) is 22.4. The van der Waals surface area contributed by atoms with Crippen molar-refractivity contribution in [1.82, 2.24) is 5.32 Å². The van der Waals surface area contributed by atoms with Crippen molar-refractivity contribution in [1.29, 1.82) is 0 Å². The van der Waals surface area contributed by atoms with E-state index in [-0.39, 0.29) is 30.6 Å². The molecule has 1 rings (SSSR count). The lowest BCUT2D eigenvalue weighted by atomic mass is 10.0. The fraction of sp³-hybridized carbons (Fsp3) is 0.429. The summed E-state index contributed by atoms with van der Waals surface area (Å²) in [6, 6.07) is 9.98. The minimum absolute atomic E-state index is 0.122. The average Bonchev–Trinajstić information content (AvgIpc) is 2.42. The lowest BCUT2D eigenvalue weighted by molar-refractivity contribution is -0.142. The minimum atomic E-state index is -0.360. The molecule has 1 unspecified atom stereocenters. The second-order valence-corrected chi connectivity index (χ2v) is 4.19. The number of amides is 1. The quantitative estimate of drug-likeness (QED) is 0.783. The molecule has 0 radical (unpaired) electrons. The molecule has 1 aromatic carbocycles. The summed E-state index contributed by atoms with van der Waals surface area (Å²) in [6.07, 6.45) is 0.302. The van der Waals surface area contributed by atoms with Gasteiger partial charge in [0.05, 0.1) is 13.5 Å². The van der Waals surface area contributed by atoms with Crippen LogP contribution in [0.1, 0.15) is 31.2 Å². The van der Waals surface area contributed by atoms with E-state index in [4.69, 9.17) is 0 Å². The topological polar surface area (TPSA) is 55.4 Å². The third kappa shape index (κ3) is 4.99. The van der Waals surface area contributed by atoms with E-state index in [1.54, 1.807) is 0 Å². The van der Waals surface area contributed by atoms with Crippen molar-refractivity contribution in [2.45, 2.75) is 25.7 Å². The zero-order valence-corrected chi connectivity index (χ0v) is 10.8. The molecule has 0 heterocycles. The molecule has 98 valence electrons. The molecule has 1 aromatic rings. The van der Waals surface area contributed by atoms with Crippen LogP contribution in [0.2, 0.25) is 0 Å². The van der Waals surface area contributed by atoms with Gasteiger partial charge in [0.2, 0.25) is 5.91 Å². The van der Waals surface area contributed by atoms with Crippen molar-refractivity contribution in [3.63, 3.8) is 0 Å². The Balaban J connectivity index is 2.28. The van der Waals surface area contributed by atoms with E-state index >= 15 is 0 Å². The van der Waals surface area contributed by atoms with Gasteiger partial charge in [-0.2, -0.15) is 0 Å². The fourth-order valence-corrected chi connectivity index (χ4v) is 1.57. The predicted molar refractivity (Wildman–Crippen MR) is 69.1 cm³/mol. The molecule has 0 aliphatic carbocycles. The highest BCUT2D eigenvalue weighted by molar-refractivity contribution is 5.81. The average molecular weight is 249 g/mol. The second kappa shape index (κ2) is 7.48. The molecule has 1 atom stereocenters.